The highest BCUT2D eigenvalue weighted by Crippen LogP contribution is 2.64. The van der Waals surface area contributed by atoms with E-state index in [1.54, 1.807) is 60.7 Å². The van der Waals surface area contributed by atoms with Crippen LogP contribution in [0, 0.1) is 23.7 Å². The van der Waals surface area contributed by atoms with Gasteiger partial charge in [-0.3, -0.25) is 29.5 Å². The molecule has 3 fully saturated rings. The summed E-state index contributed by atoms with van der Waals surface area (Å²) in [5, 5.41) is 31.5. The van der Waals surface area contributed by atoms with E-state index < -0.39 is 65.8 Å². The van der Waals surface area contributed by atoms with Crippen LogP contribution in [0.2, 0.25) is 10.0 Å². The van der Waals surface area contributed by atoms with E-state index in [1.165, 1.54) is 37.4 Å². The molecule has 2 aliphatic heterocycles. The Morgan fingerprint density at radius 1 is 0.868 bits per heavy atom. The molecule has 4 aromatic rings. The summed E-state index contributed by atoms with van der Waals surface area (Å²) in [5.41, 5.74) is 3.94. The molecule has 4 aromatic carbocycles. The van der Waals surface area contributed by atoms with Crippen molar-refractivity contribution >= 4 is 70.8 Å². The van der Waals surface area contributed by atoms with Gasteiger partial charge in [-0.25, -0.2) is 0 Å². The van der Waals surface area contributed by atoms with Crippen molar-refractivity contribution in [1.29, 1.82) is 0 Å². The minimum absolute atomic E-state index is 0.00535. The standard InChI is InChI=1S/C39H32BCl2N3O8/c1-53-26-12-7-21(8-13-26)39-30(36(48)45(38(39)50)43-32-16-9-23(41)18-31(32)42)19-29-27(34(39)20-5-10-25(46)11-6-20)14-15-28-33(29)37(49)44(35(28)47)24-4-2-3-22(17-24)40(51)52/h2-14,16-18,28-30,33-34,43,46,51-52H,15,19H2,1H3. The molecule has 6 atom stereocenters. The second-order valence-electron chi connectivity index (χ2n) is 13.8. The van der Waals surface area contributed by atoms with E-state index in [0.717, 1.165) is 15.5 Å². The first-order valence-electron chi connectivity index (χ1n) is 17.0. The van der Waals surface area contributed by atoms with Crippen LogP contribution >= 0.6 is 23.2 Å². The van der Waals surface area contributed by atoms with E-state index >= 15 is 4.79 Å². The summed E-state index contributed by atoms with van der Waals surface area (Å²) in [5.74, 6) is -5.51. The van der Waals surface area contributed by atoms with Crippen molar-refractivity contribution in [2.75, 3.05) is 17.4 Å². The number of methoxy groups -OCH3 is 1. The maximum atomic E-state index is 15.3. The van der Waals surface area contributed by atoms with Gasteiger partial charge in [0.2, 0.25) is 11.8 Å². The molecule has 14 heteroatoms. The minimum Gasteiger partial charge on any atom is -0.508 e. The Balaban J connectivity index is 1.30. The third-order valence-electron chi connectivity index (χ3n) is 11.2. The SMILES string of the molecule is COc1ccc(C23C(=O)N(Nc4ccc(Cl)cc4Cl)C(=O)C2CC2C(=CCC4C(=O)N(c5cccc(B(O)O)c5)C(=O)C42)C3c2ccc(O)cc2)cc1. The van der Waals surface area contributed by atoms with Gasteiger partial charge in [-0.15, -0.1) is 0 Å². The Kier molecular flexibility index (Phi) is 8.61. The molecular formula is C39H32BCl2N3O8. The zero-order valence-corrected chi connectivity index (χ0v) is 29.7. The van der Waals surface area contributed by atoms with Crippen LogP contribution in [0.5, 0.6) is 11.5 Å². The number of amides is 4. The van der Waals surface area contributed by atoms with Crippen LogP contribution in [0.4, 0.5) is 11.4 Å². The normalized spacial score (nSPS) is 26.2. The van der Waals surface area contributed by atoms with Gasteiger partial charge in [-0.05, 0) is 89.9 Å². The van der Waals surface area contributed by atoms with E-state index in [-0.39, 0.29) is 40.5 Å². The third kappa shape index (κ3) is 5.34. The first-order chi connectivity index (χ1) is 25.4. The maximum Gasteiger partial charge on any atom is 0.488 e. The van der Waals surface area contributed by atoms with Crippen molar-refractivity contribution in [3.05, 3.63) is 124 Å². The Morgan fingerprint density at radius 2 is 1.60 bits per heavy atom. The minimum atomic E-state index is -1.81. The van der Waals surface area contributed by atoms with E-state index in [9.17, 15) is 29.5 Å². The van der Waals surface area contributed by atoms with Gasteiger partial charge in [-0.1, -0.05) is 71.2 Å². The molecule has 8 rings (SSSR count). The lowest BCUT2D eigenvalue weighted by Crippen LogP contribution is -2.53. The van der Waals surface area contributed by atoms with Crippen molar-refractivity contribution in [3.8, 4) is 11.5 Å². The number of phenolic OH excluding ortho intramolecular Hbond substituents is 1. The number of phenols is 1. The second kappa shape index (κ2) is 13.1. The largest absolute Gasteiger partial charge is 0.508 e. The summed E-state index contributed by atoms with van der Waals surface area (Å²) < 4.78 is 5.44. The maximum absolute atomic E-state index is 15.3. The number of halogens is 2. The van der Waals surface area contributed by atoms with Gasteiger partial charge in [-0.2, -0.15) is 5.01 Å². The molecule has 4 N–H and O–H groups in total. The molecule has 2 saturated heterocycles. The number of nitrogens with one attached hydrogen (secondary N) is 1. The average Bonchev–Trinajstić information content (AvgIpc) is 3.53. The van der Waals surface area contributed by atoms with Crippen LogP contribution in [0.25, 0.3) is 0 Å². The first-order valence-corrected chi connectivity index (χ1v) is 17.8. The molecule has 11 nitrogen and oxygen atoms in total. The molecule has 53 heavy (non-hydrogen) atoms. The highest BCUT2D eigenvalue weighted by atomic mass is 35.5. The average molecular weight is 752 g/mol. The number of aromatic hydroxyl groups is 1. The fourth-order valence-corrected chi connectivity index (χ4v) is 9.41. The van der Waals surface area contributed by atoms with Crippen molar-refractivity contribution in [2.45, 2.75) is 24.2 Å². The molecule has 4 amide bonds. The Hall–Kier alpha value is -5.14. The molecule has 2 aliphatic carbocycles. The number of carbonyl (C=O) groups excluding carboxylic acids is 4. The summed E-state index contributed by atoms with van der Waals surface area (Å²) in [4.78, 5) is 59.8. The van der Waals surface area contributed by atoms with Gasteiger partial charge in [0, 0.05) is 10.9 Å². The van der Waals surface area contributed by atoms with E-state index in [1.807, 2.05) is 6.08 Å². The van der Waals surface area contributed by atoms with Crippen LogP contribution in [-0.2, 0) is 24.6 Å². The molecule has 6 unspecified atom stereocenters. The summed E-state index contributed by atoms with van der Waals surface area (Å²) >= 11 is 12.7. The first kappa shape index (κ1) is 34.9. The zero-order chi connectivity index (χ0) is 37.3. The lowest BCUT2D eigenvalue weighted by molar-refractivity contribution is -0.138. The molecule has 4 aliphatic rings. The van der Waals surface area contributed by atoms with Crippen molar-refractivity contribution in [1.82, 2.24) is 5.01 Å². The number of imide groups is 2. The van der Waals surface area contributed by atoms with Crippen molar-refractivity contribution in [2.24, 2.45) is 23.7 Å². The molecule has 0 radical (unpaired) electrons. The number of rotatable bonds is 7. The monoisotopic (exact) mass is 751 g/mol. The lowest BCUT2D eigenvalue weighted by Gasteiger charge is -2.50. The highest BCUT2D eigenvalue weighted by molar-refractivity contribution is 6.58. The van der Waals surface area contributed by atoms with Gasteiger partial charge in [0.25, 0.3) is 11.8 Å². The highest BCUT2D eigenvalue weighted by Gasteiger charge is 2.70. The van der Waals surface area contributed by atoms with Gasteiger partial charge in [0.15, 0.2) is 0 Å². The molecule has 0 bridgehead atoms. The van der Waals surface area contributed by atoms with Gasteiger partial charge < -0.3 is 19.9 Å². The summed E-state index contributed by atoms with van der Waals surface area (Å²) in [6.45, 7) is 0. The number of hydrogen-bond donors (Lipinski definition) is 4. The van der Waals surface area contributed by atoms with Crippen molar-refractivity contribution in [3.63, 3.8) is 0 Å². The lowest BCUT2D eigenvalue weighted by atomic mass is 9.49. The second-order valence-corrected chi connectivity index (χ2v) is 14.6. The number of anilines is 2. The van der Waals surface area contributed by atoms with Crippen LogP contribution in [0.3, 0.4) is 0 Å². The molecule has 0 aromatic heterocycles. The predicted molar refractivity (Wildman–Crippen MR) is 197 cm³/mol. The number of carbonyl (C=O) groups is 4. The number of benzene rings is 4. The van der Waals surface area contributed by atoms with E-state index in [0.29, 0.717) is 21.9 Å². The summed E-state index contributed by atoms with van der Waals surface area (Å²) in [6, 6.07) is 24.1. The molecule has 268 valence electrons. The molecule has 2 heterocycles. The van der Waals surface area contributed by atoms with Crippen LogP contribution in [-0.4, -0.2) is 58.0 Å². The number of ether oxygens (including phenoxy) is 1. The smallest absolute Gasteiger partial charge is 0.488 e. The van der Waals surface area contributed by atoms with E-state index in [2.05, 4.69) is 5.43 Å². The van der Waals surface area contributed by atoms with Gasteiger partial charge in [0.05, 0.1) is 46.7 Å². The molecule has 1 saturated carbocycles. The van der Waals surface area contributed by atoms with Gasteiger partial charge in [0.1, 0.15) is 11.5 Å². The third-order valence-corrected chi connectivity index (χ3v) is 11.8. The van der Waals surface area contributed by atoms with Crippen LogP contribution < -0.4 is 20.5 Å². The zero-order valence-electron chi connectivity index (χ0n) is 28.1. The summed E-state index contributed by atoms with van der Waals surface area (Å²) in [7, 11) is -0.278. The fraction of sp³-hybridized carbons (Fsp3) is 0.231. The number of fused-ring (bicyclic) bond motifs is 4. The molecular weight excluding hydrogens is 720 g/mol. The predicted octanol–water partition coefficient (Wildman–Crippen LogP) is 4.58. The van der Waals surface area contributed by atoms with Gasteiger partial charge >= 0.3 is 7.12 Å². The number of allylic oxidation sites excluding steroid dienone is 2. The topological polar surface area (TPSA) is 157 Å². The van der Waals surface area contributed by atoms with Crippen LogP contribution in [0.1, 0.15) is 29.9 Å². The Morgan fingerprint density at radius 3 is 2.28 bits per heavy atom. The quantitative estimate of drug-likeness (QED) is 0.121. The fourth-order valence-electron chi connectivity index (χ4n) is 8.96. The number of nitrogens with zero attached hydrogens (tertiary/aromatic N) is 2. The summed E-state index contributed by atoms with van der Waals surface area (Å²) in [6.07, 6.45) is 2.19. The van der Waals surface area contributed by atoms with Crippen molar-refractivity contribution < 1.29 is 39.1 Å². The Bertz CT molecular complexity index is 2220. The van der Waals surface area contributed by atoms with Crippen LogP contribution in [0.15, 0.2) is 103 Å². The molecule has 0 spiro atoms. The number of hydrazine groups is 1. The Labute approximate surface area is 314 Å². The number of hydrogen-bond acceptors (Lipinski definition) is 9. The van der Waals surface area contributed by atoms with E-state index in [4.69, 9.17) is 27.9 Å².